The molecule has 0 aliphatic rings. The highest BCUT2D eigenvalue weighted by molar-refractivity contribution is 7.71. The third kappa shape index (κ3) is 3.88. The molecule has 2 heterocycles. The minimum Gasteiger partial charge on any atom is -0.371 e. The van der Waals surface area contributed by atoms with Gasteiger partial charge in [-0.2, -0.15) is 10.2 Å². The van der Waals surface area contributed by atoms with Gasteiger partial charge in [-0.05, 0) is 36.6 Å². The van der Waals surface area contributed by atoms with Crippen LogP contribution in [0.5, 0.6) is 0 Å². The van der Waals surface area contributed by atoms with Gasteiger partial charge >= 0.3 is 0 Å². The zero-order valence-electron chi connectivity index (χ0n) is 13.4. The molecule has 0 radical (unpaired) electrons. The first kappa shape index (κ1) is 17.2. The Hall–Kier alpha value is -2.66. The van der Waals surface area contributed by atoms with Gasteiger partial charge in [0.15, 0.2) is 11.6 Å². The number of rotatable bonds is 7. The van der Waals surface area contributed by atoms with Crippen LogP contribution in [0.3, 0.4) is 0 Å². The fourth-order valence-electron chi connectivity index (χ4n) is 2.51. The molecule has 0 saturated carbocycles. The summed E-state index contributed by atoms with van der Waals surface area (Å²) in [4.78, 5) is 2.22. The molecule has 0 fully saturated rings. The van der Waals surface area contributed by atoms with Crippen LogP contribution in [0.4, 0.5) is 5.69 Å². The van der Waals surface area contributed by atoms with Crippen LogP contribution in [0.25, 0.3) is 0 Å². The summed E-state index contributed by atoms with van der Waals surface area (Å²) in [5.41, 5.74) is 1.10. The van der Waals surface area contributed by atoms with Crippen molar-refractivity contribution in [2.24, 2.45) is 0 Å². The number of hydrogen-bond donors (Lipinski definition) is 4. The molecule has 0 unspecified atom stereocenters. The van der Waals surface area contributed by atoms with Crippen molar-refractivity contribution in [1.29, 1.82) is 0 Å². The Morgan fingerprint density at radius 2 is 1.36 bits per heavy atom. The number of aromatic amines is 2. The van der Waals surface area contributed by atoms with Crippen molar-refractivity contribution in [2.45, 2.75) is 12.8 Å². The maximum Gasteiger partial charge on any atom is 0.214 e. The summed E-state index contributed by atoms with van der Waals surface area (Å²) >= 11 is 10.1. The summed E-state index contributed by atoms with van der Waals surface area (Å²) in [5.74, 6) is 13.1. The number of anilines is 1. The number of nitrogen functional groups attached to an aromatic ring is 2. The van der Waals surface area contributed by atoms with Crippen LogP contribution < -0.4 is 16.6 Å². The summed E-state index contributed by atoms with van der Waals surface area (Å²) in [5, 5.41) is 13.7. The summed E-state index contributed by atoms with van der Waals surface area (Å²) in [6, 6.07) is 10.1. The molecule has 1 aromatic carbocycles. The molecule has 0 amide bonds. The fourth-order valence-corrected chi connectivity index (χ4v) is 2.81. The molecule has 0 aliphatic carbocycles. The second kappa shape index (κ2) is 7.49. The van der Waals surface area contributed by atoms with E-state index in [1.807, 2.05) is 18.2 Å². The van der Waals surface area contributed by atoms with E-state index in [9.17, 15) is 0 Å². The van der Waals surface area contributed by atoms with E-state index in [2.05, 4.69) is 37.4 Å². The van der Waals surface area contributed by atoms with E-state index >= 15 is 0 Å². The summed E-state index contributed by atoms with van der Waals surface area (Å²) in [6.07, 6.45) is 1.29. The van der Waals surface area contributed by atoms with Crippen molar-refractivity contribution in [3.63, 3.8) is 0 Å². The number of aromatic nitrogens is 6. The Balaban J connectivity index is 1.73. The van der Waals surface area contributed by atoms with E-state index < -0.39 is 0 Å². The highest BCUT2D eigenvalue weighted by Crippen LogP contribution is 2.14. The van der Waals surface area contributed by atoms with Crippen molar-refractivity contribution in [3.05, 3.63) is 51.5 Å². The van der Waals surface area contributed by atoms with Gasteiger partial charge in [0.25, 0.3) is 0 Å². The molecular weight excluding hydrogens is 358 g/mol. The zero-order valence-corrected chi connectivity index (χ0v) is 15.1. The maximum atomic E-state index is 5.87. The molecule has 2 aromatic heterocycles. The third-order valence-electron chi connectivity index (χ3n) is 3.89. The summed E-state index contributed by atoms with van der Waals surface area (Å²) in [7, 11) is 0. The lowest BCUT2D eigenvalue weighted by atomic mass is 10.2. The van der Waals surface area contributed by atoms with Gasteiger partial charge in [-0.3, -0.25) is 10.2 Å². The predicted octanol–water partition coefficient (Wildman–Crippen LogP) is 0.914. The van der Waals surface area contributed by atoms with Crippen molar-refractivity contribution < 1.29 is 0 Å². The number of nitrogens with two attached hydrogens (primary N) is 2. The van der Waals surface area contributed by atoms with Crippen LogP contribution in [-0.2, 0) is 12.8 Å². The highest BCUT2D eigenvalue weighted by Gasteiger charge is 2.12. The van der Waals surface area contributed by atoms with Gasteiger partial charge in [-0.25, -0.2) is 9.35 Å². The topological polar surface area (TPSA) is 122 Å². The van der Waals surface area contributed by atoms with Crippen molar-refractivity contribution in [1.82, 2.24) is 29.7 Å². The molecule has 3 aromatic rings. The van der Waals surface area contributed by atoms with Gasteiger partial charge in [-0.15, -0.1) is 0 Å². The first-order chi connectivity index (χ1) is 12.1. The standard InChI is InChI=1S/C14H19N9S2/c15-22-11(17-19-13(22)24)6-8-21(10-4-2-1-3-5-10)9-7-12-18-20-14(25)23(12)16/h1-5H,6-9,15-16H2,(H,19,24)(H,20,25). The van der Waals surface area contributed by atoms with Gasteiger partial charge < -0.3 is 16.6 Å². The molecular formula is C14H19N9S2. The number of H-pyrrole nitrogens is 2. The SMILES string of the molecule is Nn1c(CCN(CCc2n[nH]c(=S)n2N)c2ccccc2)n[nH]c1=S. The Bertz CT molecular complexity index is 879. The molecule has 0 saturated heterocycles. The first-order valence-electron chi connectivity index (χ1n) is 7.69. The van der Waals surface area contributed by atoms with Crippen LogP contribution >= 0.6 is 24.4 Å². The monoisotopic (exact) mass is 377 g/mol. The molecule has 0 bridgehead atoms. The van der Waals surface area contributed by atoms with Crippen LogP contribution in [-0.4, -0.2) is 42.8 Å². The minimum absolute atomic E-state index is 0.403. The quantitative estimate of drug-likeness (QED) is 0.356. The van der Waals surface area contributed by atoms with E-state index in [1.165, 1.54) is 9.35 Å². The average molecular weight is 378 g/mol. The molecule has 6 N–H and O–H groups in total. The smallest absolute Gasteiger partial charge is 0.214 e. The Morgan fingerprint density at radius 3 is 1.76 bits per heavy atom. The lowest BCUT2D eigenvalue weighted by Crippen LogP contribution is -2.30. The van der Waals surface area contributed by atoms with E-state index in [4.69, 9.17) is 36.1 Å². The zero-order chi connectivity index (χ0) is 17.8. The molecule has 0 atom stereocenters. The van der Waals surface area contributed by atoms with Crippen molar-refractivity contribution in [3.8, 4) is 0 Å². The fraction of sp³-hybridized carbons (Fsp3) is 0.286. The first-order valence-corrected chi connectivity index (χ1v) is 8.50. The van der Waals surface area contributed by atoms with Crippen LogP contribution in [0.15, 0.2) is 30.3 Å². The Kier molecular flexibility index (Phi) is 5.14. The number of hydrogen-bond acceptors (Lipinski definition) is 7. The lowest BCUT2D eigenvalue weighted by Gasteiger charge is -2.24. The van der Waals surface area contributed by atoms with E-state index in [-0.39, 0.29) is 0 Å². The third-order valence-corrected chi connectivity index (χ3v) is 4.46. The molecule has 132 valence electrons. The minimum atomic E-state index is 0.403. The normalized spacial score (nSPS) is 10.9. The van der Waals surface area contributed by atoms with E-state index in [0.29, 0.717) is 34.0 Å². The Morgan fingerprint density at radius 1 is 0.880 bits per heavy atom. The van der Waals surface area contributed by atoms with E-state index in [0.717, 1.165) is 18.8 Å². The molecule has 0 aliphatic heterocycles. The number of benzene rings is 1. The van der Waals surface area contributed by atoms with Gasteiger partial charge in [0.05, 0.1) is 0 Å². The van der Waals surface area contributed by atoms with Crippen LogP contribution in [0.2, 0.25) is 0 Å². The summed E-state index contributed by atoms with van der Waals surface area (Å²) in [6.45, 7) is 1.44. The second-order valence-corrected chi connectivity index (χ2v) is 6.23. The van der Waals surface area contributed by atoms with E-state index in [1.54, 1.807) is 0 Å². The molecule has 3 rings (SSSR count). The van der Waals surface area contributed by atoms with Crippen molar-refractivity contribution in [2.75, 3.05) is 29.7 Å². The average Bonchev–Trinajstić information content (AvgIpc) is 3.12. The summed E-state index contributed by atoms with van der Waals surface area (Å²) < 4.78 is 3.59. The molecule has 0 spiro atoms. The lowest BCUT2D eigenvalue weighted by molar-refractivity contribution is 0.704. The Labute approximate surface area is 154 Å². The number of nitrogens with one attached hydrogen (secondary N) is 2. The maximum absolute atomic E-state index is 5.87. The number of nitrogens with zero attached hydrogens (tertiary/aromatic N) is 5. The second-order valence-electron chi connectivity index (χ2n) is 5.45. The largest absolute Gasteiger partial charge is 0.371 e. The van der Waals surface area contributed by atoms with Crippen molar-refractivity contribution >= 4 is 30.1 Å². The molecule has 25 heavy (non-hydrogen) atoms. The molecule has 11 heteroatoms. The van der Waals surface area contributed by atoms with Gasteiger partial charge in [0.1, 0.15) is 0 Å². The number of para-hydroxylation sites is 1. The predicted molar refractivity (Wildman–Crippen MR) is 101 cm³/mol. The van der Waals surface area contributed by atoms with Crippen LogP contribution in [0.1, 0.15) is 11.6 Å². The highest BCUT2D eigenvalue weighted by atomic mass is 32.1. The van der Waals surface area contributed by atoms with Gasteiger partial charge in [-0.1, -0.05) is 18.2 Å². The van der Waals surface area contributed by atoms with Gasteiger partial charge in [0.2, 0.25) is 9.54 Å². The molecule has 9 nitrogen and oxygen atoms in total. The van der Waals surface area contributed by atoms with Gasteiger partial charge in [0, 0.05) is 31.6 Å². The van der Waals surface area contributed by atoms with Crippen LogP contribution in [0, 0.1) is 9.54 Å².